The lowest BCUT2D eigenvalue weighted by Crippen LogP contribution is -2.34. The monoisotopic (exact) mass is 205 g/mol. The van der Waals surface area contributed by atoms with Crippen LogP contribution in [0, 0.1) is 0 Å². The van der Waals surface area contributed by atoms with Gasteiger partial charge >= 0.3 is 12.1 Å². The molecule has 0 aromatic rings. The van der Waals surface area contributed by atoms with E-state index in [2.05, 4.69) is 10.1 Å². The molecule has 0 radical (unpaired) electrons. The molecule has 6 nitrogen and oxygen atoms in total. The standard InChI is InChI=1S/C8H15NO5/c1-8(2,3)14-7(12)9-5-13-4-6(10)11/h4-5H2,1-3H3,(H,9,12)(H,10,11). The van der Waals surface area contributed by atoms with Crippen LogP contribution in [0.4, 0.5) is 4.79 Å². The Kier molecular flexibility index (Phi) is 4.93. The summed E-state index contributed by atoms with van der Waals surface area (Å²) in [5.74, 6) is -1.09. The molecule has 0 saturated carbocycles. The molecule has 0 aliphatic heterocycles. The number of aliphatic carboxylic acids is 1. The maximum atomic E-state index is 10.9. The summed E-state index contributed by atoms with van der Waals surface area (Å²) in [7, 11) is 0. The van der Waals surface area contributed by atoms with Crippen molar-refractivity contribution in [2.45, 2.75) is 26.4 Å². The third kappa shape index (κ3) is 8.79. The second-order valence-corrected chi connectivity index (χ2v) is 3.57. The van der Waals surface area contributed by atoms with Gasteiger partial charge in [0.1, 0.15) is 18.9 Å². The second kappa shape index (κ2) is 5.43. The van der Waals surface area contributed by atoms with E-state index in [1.807, 2.05) is 0 Å². The van der Waals surface area contributed by atoms with E-state index in [0.717, 1.165) is 0 Å². The minimum Gasteiger partial charge on any atom is -0.480 e. The van der Waals surface area contributed by atoms with Gasteiger partial charge in [0.2, 0.25) is 0 Å². The van der Waals surface area contributed by atoms with Gasteiger partial charge in [-0.05, 0) is 20.8 Å². The highest BCUT2D eigenvalue weighted by Gasteiger charge is 2.15. The lowest BCUT2D eigenvalue weighted by molar-refractivity contribution is -0.142. The van der Waals surface area contributed by atoms with Gasteiger partial charge in [-0.3, -0.25) is 5.32 Å². The fraction of sp³-hybridized carbons (Fsp3) is 0.750. The Labute approximate surface area is 82.2 Å². The van der Waals surface area contributed by atoms with Gasteiger partial charge in [-0.2, -0.15) is 0 Å². The molecule has 0 bridgehead atoms. The van der Waals surface area contributed by atoms with Crippen LogP contribution in [-0.4, -0.2) is 36.1 Å². The third-order valence-electron chi connectivity index (χ3n) is 0.943. The maximum absolute atomic E-state index is 10.9. The number of alkyl carbamates (subject to hydrolysis) is 1. The molecule has 0 heterocycles. The van der Waals surface area contributed by atoms with Gasteiger partial charge in [0.25, 0.3) is 0 Å². The maximum Gasteiger partial charge on any atom is 0.409 e. The van der Waals surface area contributed by atoms with Gasteiger partial charge in [-0.25, -0.2) is 9.59 Å². The van der Waals surface area contributed by atoms with Crippen LogP contribution in [0.15, 0.2) is 0 Å². The fourth-order valence-electron chi connectivity index (χ4n) is 0.562. The summed E-state index contributed by atoms with van der Waals surface area (Å²) in [4.78, 5) is 20.9. The minimum atomic E-state index is -1.09. The van der Waals surface area contributed by atoms with Crippen molar-refractivity contribution < 1.29 is 24.2 Å². The quantitative estimate of drug-likeness (QED) is 0.517. The highest BCUT2D eigenvalue weighted by molar-refractivity contribution is 5.68. The summed E-state index contributed by atoms with van der Waals surface area (Å²) >= 11 is 0. The number of carbonyl (C=O) groups excluding carboxylic acids is 1. The molecule has 1 amide bonds. The van der Waals surface area contributed by atoms with Crippen LogP contribution in [0.5, 0.6) is 0 Å². The Morgan fingerprint density at radius 2 is 1.93 bits per heavy atom. The van der Waals surface area contributed by atoms with Crippen molar-refractivity contribution in [2.24, 2.45) is 0 Å². The van der Waals surface area contributed by atoms with E-state index >= 15 is 0 Å². The number of rotatable bonds is 4. The molecule has 0 fully saturated rings. The normalized spacial score (nSPS) is 10.8. The van der Waals surface area contributed by atoms with Gasteiger partial charge in [-0.15, -0.1) is 0 Å². The van der Waals surface area contributed by atoms with Crippen molar-refractivity contribution in [3.05, 3.63) is 0 Å². The molecule has 0 aromatic heterocycles. The topological polar surface area (TPSA) is 84.9 Å². The molecule has 0 saturated heterocycles. The van der Waals surface area contributed by atoms with Crippen LogP contribution in [0.3, 0.4) is 0 Å². The number of hydrogen-bond donors (Lipinski definition) is 2. The van der Waals surface area contributed by atoms with Crippen LogP contribution >= 0.6 is 0 Å². The molecule has 0 aromatic carbocycles. The SMILES string of the molecule is CC(C)(C)OC(=O)NCOCC(=O)O. The van der Waals surface area contributed by atoms with Crippen molar-refractivity contribution >= 4 is 12.1 Å². The molecular formula is C8H15NO5. The van der Waals surface area contributed by atoms with Gasteiger partial charge < -0.3 is 14.6 Å². The first-order chi connectivity index (χ1) is 6.31. The largest absolute Gasteiger partial charge is 0.480 e. The van der Waals surface area contributed by atoms with E-state index in [4.69, 9.17) is 9.84 Å². The first-order valence-electron chi connectivity index (χ1n) is 4.07. The van der Waals surface area contributed by atoms with Crippen LogP contribution < -0.4 is 5.32 Å². The first-order valence-corrected chi connectivity index (χ1v) is 4.07. The highest BCUT2D eigenvalue weighted by atomic mass is 16.6. The van der Waals surface area contributed by atoms with Crippen LogP contribution in [0.25, 0.3) is 0 Å². The Balaban J connectivity index is 3.50. The lowest BCUT2D eigenvalue weighted by Gasteiger charge is -2.19. The van der Waals surface area contributed by atoms with E-state index < -0.39 is 24.3 Å². The van der Waals surface area contributed by atoms with Crippen molar-refractivity contribution in [1.82, 2.24) is 5.32 Å². The number of carboxylic acids is 1. The van der Waals surface area contributed by atoms with E-state index in [1.165, 1.54) is 0 Å². The fourth-order valence-corrected chi connectivity index (χ4v) is 0.562. The summed E-state index contributed by atoms with van der Waals surface area (Å²) in [5, 5.41) is 10.4. The Hall–Kier alpha value is -1.30. The molecule has 0 atom stereocenters. The Morgan fingerprint density at radius 3 is 2.36 bits per heavy atom. The van der Waals surface area contributed by atoms with E-state index in [0.29, 0.717) is 0 Å². The zero-order valence-corrected chi connectivity index (χ0v) is 8.49. The van der Waals surface area contributed by atoms with Crippen molar-refractivity contribution in [3.8, 4) is 0 Å². The number of amides is 1. The van der Waals surface area contributed by atoms with Gasteiger partial charge in [-0.1, -0.05) is 0 Å². The number of nitrogens with one attached hydrogen (secondary N) is 1. The van der Waals surface area contributed by atoms with Crippen LogP contribution in [0.1, 0.15) is 20.8 Å². The molecule has 0 rings (SSSR count). The van der Waals surface area contributed by atoms with Crippen molar-refractivity contribution in [3.63, 3.8) is 0 Å². The summed E-state index contributed by atoms with van der Waals surface area (Å²) in [5.41, 5.74) is -0.573. The summed E-state index contributed by atoms with van der Waals surface area (Å²) in [6, 6.07) is 0. The average Bonchev–Trinajstić information content (AvgIpc) is 1.94. The predicted octanol–water partition coefficient (Wildman–Crippen LogP) is 0.570. The number of carbonyl (C=O) groups is 2. The third-order valence-corrected chi connectivity index (χ3v) is 0.943. The number of hydrogen-bond acceptors (Lipinski definition) is 4. The zero-order valence-electron chi connectivity index (χ0n) is 8.49. The highest BCUT2D eigenvalue weighted by Crippen LogP contribution is 2.05. The number of carboxylic acid groups (broad SMARTS) is 1. The molecule has 82 valence electrons. The van der Waals surface area contributed by atoms with E-state index in [9.17, 15) is 9.59 Å². The molecule has 14 heavy (non-hydrogen) atoms. The second-order valence-electron chi connectivity index (χ2n) is 3.57. The van der Waals surface area contributed by atoms with Crippen molar-refractivity contribution in [1.29, 1.82) is 0 Å². The summed E-state index contributed by atoms with van der Waals surface area (Å²) in [6.07, 6.45) is -0.636. The van der Waals surface area contributed by atoms with Crippen molar-refractivity contribution in [2.75, 3.05) is 13.3 Å². The molecule has 0 aliphatic carbocycles. The van der Waals surface area contributed by atoms with Gasteiger partial charge in [0.15, 0.2) is 0 Å². The smallest absolute Gasteiger partial charge is 0.409 e. The summed E-state index contributed by atoms with van der Waals surface area (Å²) < 4.78 is 9.44. The van der Waals surface area contributed by atoms with E-state index in [-0.39, 0.29) is 6.73 Å². The van der Waals surface area contributed by atoms with Crippen LogP contribution in [-0.2, 0) is 14.3 Å². The molecule has 0 unspecified atom stereocenters. The number of ether oxygens (including phenoxy) is 2. The zero-order chi connectivity index (χ0) is 11.2. The van der Waals surface area contributed by atoms with Crippen LogP contribution in [0.2, 0.25) is 0 Å². The Bertz CT molecular complexity index is 208. The molecule has 0 aliphatic rings. The lowest BCUT2D eigenvalue weighted by atomic mass is 10.2. The van der Waals surface area contributed by atoms with Gasteiger partial charge in [0.05, 0.1) is 0 Å². The molecular weight excluding hydrogens is 190 g/mol. The summed E-state index contributed by atoms with van der Waals surface area (Å²) in [6.45, 7) is 4.55. The minimum absolute atomic E-state index is 0.179. The van der Waals surface area contributed by atoms with E-state index in [1.54, 1.807) is 20.8 Å². The average molecular weight is 205 g/mol. The molecule has 6 heteroatoms. The molecule has 0 spiro atoms. The predicted molar refractivity (Wildman–Crippen MR) is 47.8 cm³/mol. The first kappa shape index (κ1) is 12.7. The van der Waals surface area contributed by atoms with Gasteiger partial charge in [0, 0.05) is 0 Å². The molecule has 2 N–H and O–H groups in total. The Morgan fingerprint density at radius 1 is 1.36 bits per heavy atom.